The molecule has 0 aliphatic carbocycles. The third-order valence-corrected chi connectivity index (χ3v) is 4.12. The normalized spacial score (nSPS) is 10.7. The molecular weight excluding hydrogens is 312 g/mol. The Kier molecular flexibility index (Phi) is 3.67. The highest BCUT2D eigenvalue weighted by Gasteiger charge is 2.05. The van der Waals surface area contributed by atoms with Gasteiger partial charge in [-0.05, 0) is 41.5 Å². The van der Waals surface area contributed by atoms with Gasteiger partial charge < -0.3 is 14.9 Å². The lowest BCUT2D eigenvalue weighted by molar-refractivity contribution is 0.100. The van der Waals surface area contributed by atoms with Gasteiger partial charge >= 0.3 is 0 Å². The van der Waals surface area contributed by atoms with Gasteiger partial charge in [0.1, 0.15) is 0 Å². The average Bonchev–Trinajstić information content (AvgIpc) is 3.34. The van der Waals surface area contributed by atoms with Crippen LogP contribution in [0.25, 0.3) is 22.5 Å². The van der Waals surface area contributed by atoms with Crippen molar-refractivity contribution in [2.24, 2.45) is 5.73 Å². The van der Waals surface area contributed by atoms with Crippen LogP contribution in [0, 0.1) is 0 Å². The lowest BCUT2D eigenvalue weighted by atomic mass is 10.0. The molecule has 0 radical (unpaired) electrons. The van der Waals surface area contributed by atoms with Crippen LogP contribution < -0.4 is 5.73 Å². The minimum absolute atomic E-state index is 0.424. The number of nitrogens with two attached hydrogens (primary N) is 1. The van der Waals surface area contributed by atoms with Crippen LogP contribution in [-0.2, 0) is 0 Å². The molecule has 0 fully saturated rings. The predicted molar refractivity (Wildman–Crippen MR) is 96.8 cm³/mol. The summed E-state index contributed by atoms with van der Waals surface area (Å²) in [7, 11) is 0. The van der Waals surface area contributed by atoms with Crippen LogP contribution in [0.2, 0.25) is 0 Å². The number of carbonyl (C=O) groups is 1. The van der Waals surface area contributed by atoms with E-state index in [0.717, 1.165) is 22.5 Å². The van der Waals surface area contributed by atoms with Gasteiger partial charge in [-0.25, -0.2) is 4.98 Å². The number of nitrogens with zero attached hydrogens (tertiary/aromatic N) is 3. The number of amides is 1. The van der Waals surface area contributed by atoms with E-state index in [2.05, 4.69) is 29.2 Å². The van der Waals surface area contributed by atoms with E-state index in [-0.39, 0.29) is 0 Å². The smallest absolute Gasteiger partial charge is 0.250 e. The van der Waals surface area contributed by atoms with Crippen molar-refractivity contribution < 1.29 is 4.79 Å². The number of hydrogen-bond donors (Lipinski definition) is 1. The van der Waals surface area contributed by atoms with Crippen LogP contribution in [0.1, 0.15) is 10.4 Å². The fraction of sp³-hybridized carbons (Fsp3) is 0. The van der Waals surface area contributed by atoms with Gasteiger partial charge in [0, 0.05) is 36.2 Å². The maximum absolute atomic E-state index is 11.2. The molecule has 5 heteroatoms. The predicted octanol–water partition coefficient (Wildman–Crippen LogP) is 3.43. The number of hydrogen-bond acceptors (Lipinski definition) is 2. The second kappa shape index (κ2) is 6.13. The molecule has 5 nitrogen and oxygen atoms in total. The van der Waals surface area contributed by atoms with Crippen molar-refractivity contribution >= 4 is 5.91 Å². The number of carbonyl (C=O) groups excluding carboxylic acids is 1. The number of rotatable bonds is 4. The molecule has 0 aliphatic heterocycles. The highest BCUT2D eigenvalue weighted by atomic mass is 16.1. The van der Waals surface area contributed by atoms with Gasteiger partial charge in [-0.1, -0.05) is 24.3 Å². The molecule has 0 aliphatic rings. The molecule has 2 heterocycles. The summed E-state index contributed by atoms with van der Waals surface area (Å²) in [5, 5.41) is 0. The Morgan fingerprint density at radius 1 is 0.880 bits per heavy atom. The number of benzene rings is 2. The first-order valence-electron chi connectivity index (χ1n) is 7.88. The van der Waals surface area contributed by atoms with Crippen LogP contribution in [0.15, 0.2) is 85.7 Å². The Morgan fingerprint density at radius 2 is 1.72 bits per heavy atom. The minimum atomic E-state index is -0.424. The zero-order valence-corrected chi connectivity index (χ0v) is 13.4. The van der Waals surface area contributed by atoms with E-state index >= 15 is 0 Å². The van der Waals surface area contributed by atoms with Crippen LogP contribution in [-0.4, -0.2) is 20.0 Å². The van der Waals surface area contributed by atoms with Crippen molar-refractivity contribution in [3.8, 4) is 22.5 Å². The largest absolute Gasteiger partial charge is 0.366 e. The van der Waals surface area contributed by atoms with Crippen molar-refractivity contribution in [2.75, 3.05) is 0 Å². The molecule has 25 heavy (non-hydrogen) atoms. The van der Waals surface area contributed by atoms with E-state index in [1.807, 2.05) is 45.8 Å². The lowest BCUT2D eigenvalue weighted by Gasteiger charge is -2.08. The van der Waals surface area contributed by atoms with Gasteiger partial charge in [0.15, 0.2) is 0 Å². The van der Waals surface area contributed by atoms with Crippen molar-refractivity contribution in [1.29, 1.82) is 0 Å². The molecule has 4 aromatic rings. The molecule has 0 bridgehead atoms. The fourth-order valence-corrected chi connectivity index (χ4v) is 2.79. The van der Waals surface area contributed by atoms with Gasteiger partial charge in [-0.2, -0.15) is 0 Å². The summed E-state index contributed by atoms with van der Waals surface area (Å²) in [6.45, 7) is 0. The van der Waals surface area contributed by atoms with Gasteiger partial charge in [0.25, 0.3) is 0 Å². The van der Waals surface area contributed by atoms with Crippen LogP contribution >= 0.6 is 0 Å². The summed E-state index contributed by atoms with van der Waals surface area (Å²) in [6.07, 6.45) is 9.03. The highest BCUT2D eigenvalue weighted by Crippen LogP contribution is 2.23. The molecule has 2 aromatic carbocycles. The maximum Gasteiger partial charge on any atom is 0.250 e. The second-order valence-electron chi connectivity index (χ2n) is 5.74. The molecular formula is C20H16N4O. The molecule has 4 rings (SSSR count). The zero-order valence-electron chi connectivity index (χ0n) is 13.4. The fourth-order valence-electron chi connectivity index (χ4n) is 2.79. The molecule has 0 saturated heterocycles. The molecule has 2 N–H and O–H groups in total. The molecule has 0 atom stereocenters. The summed E-state index contributed by atoms with van der Waals surface area (Å²) < 4.78 is 3.86. The van der Waals surface area contributed by atoms with Crippen LogP contribution in [0.5, 0.6) is 0 Å². The number of aromatic nitrogens is 3. The molecule has 0 spiro atoms. The van der Waals surface area contributed by atoms with Gasteiger partial charge in [-0.15, -0.1) is 0 Å². The van der Waals surface area contributed by atoms with E-state index in [0.29, 0.717) is 5.56 Å². The molecule has 1 amide bonds. The van der Waals surface area contributed by atoms with Crippen LogP contribution in [0.4, 0.5) is 0 Å². The topological polar surface area (TPSA) is 65.8 Å². The maximum atomic E-state index is 11.2. The Morgan fingerprint density at radius 3 is 2.40 bits per heavy atom. The summed E-state index contributed by atoms with van der Waals surface area (Å²) in [5.41, 5.74) is 10.1. The highest BCUT2D eigenvalue weighted by molar-refractivity contribution is 5.92. The van der Waals surface area contributed by atoms with Crippen molar-refractivity contribution in [3.63, 3.8) is 0 Å². The third kappa shape index (κ3) is 2.95. The Balaban J connectivity index is 1.64. The van der Waals surface area contributed by atoms with Gasteiger partial charge in [-0.3, -0.25) is 4.79 Å². The van der Waals surface area contributed by atoms with E-state index < -0.39 is 5.91 Å². The molecule has 0 saturated carbocycles. The van der Waals surface area contributed by atoms with E-state index in [4.69, 9.17) is 5.73 Å². The first-order chi connectivity index (χ1) is 12.2. The van der Waals surface area contributed by atoms with Crippen molar-refractivity contribution in [1.82, 2.24) is 14.1 Å². The quantitative estimate of drug-likeness (QED) is 0.624. The SMILES string of the molecule is NC(=O)c1ccn(-c2ccc(-c3cccc(-n4ccnc4)c3)cc2)c1. The molecule has 122 valence electrons. The summed E-state index contributed by atoms with van der Waals surface area (Å²) >= 11 is 0. The monoisotopic (exact) mass is 328 g/mol. The summed E-state index contributed by atoms with van der Waals surface area (Å²) in [5.74, 6) is -0.424. The summed E-state index contributed by atoms with van der Waals surface area (Å²) in [4.78, 5) is 15.3. The van der Waals surface area contributed by atoms with Crippen LogP contribution in [0.3, 0.4) is 0 Å². The molecule has 0 unspecified atom stereocenters. The van der Waals surface area contributed by atoms with E-state index in [1.165, 1.54) is 0 Å². The van der Waals surface area contributed by atoms with Crippen molar-refractivity contribution in [3.05, 3.63) is 91.3 Å². The van der Waals surface area contributed by atoms with E-state index in [9.17, 15) is 4.79 Å². The first kappa shape index (κ1) is 15.0. The standard InChI is InChI=1S/C20H16N4O/c21-20(25)17-8-10-23(13-17)18-6-4-15(5-7-18)16-2-1-3-19(12-16)24-11-9-22-14-24/h1-14H,(H2,21,25). The Bertz CT molecular complexity index is 1010. The Labute approximate surface area is 145 Å². The zero-order chi connectivity index (χ0) is 17.2. The minimum Gasteiger partial charge on any atom is -0.366 e. The van der Waals surface area contributed by atoms with Gasteiger partial charge in [0.2, 0.25) is 5.91 Å². The average molecular weight is 328 g/mol. The first-order valence-corrected chi connectivity index (χ1v) is 7.88. The molecule has 2 aromatic heterocycles. The third-order valence-electron chi connectivity index (χ3n) is 4.12. The summed E-state index contributed by atoms with van der Waals surface area (Å²) in [6, 6.07) is 18.2. The van der Waals surface area contributed by atoms with Gasteiger partial charge in [0.05, 0.1) is 11.9 Å². The lowest BCUT2D eigenvalue weighted by Crippen LogP contribution is -2.09. The van der Waals surface area contributed by atoms with Crippen molar-refractivity contribution in [2.45, 2.75) is 0 Å². The Hall–Kier alpha value is -3.60. The second-order valence-corrected chi connectivity index (χ2v) is 5.74. The number of primary amides is 1. The van der Waals surface area contributed by atoms with E-state index in [1.54, 1.807) is 24.8 Å². The number of imidazole rings is 1.